The number of carboxylic acid groups (broad SMARTS) is 1. The summed E-state index contributed by atoms with van der Waals surface area (Å²) in [5.74, 6) is -0.879. The minimum atomic E-state index is -0.879. The summed E-state index contributed by atoms with van der Waals surface area (Å²) in [5, 5.41) is 16.9. The summed E-state index contributed by atoms with van der Waals surface area (Å²) in [5.41, 5.74) is 3.35. The van der Waals surface area contributed by atoms with Crippen LogP contribution in [0.1, 0.15) is 31.8 Å². The monoisotopic (exact) mass is 524 g/mol. The first-order chi connectivity index (χ1) is 18.6. The van der Waals surface area contributed by atoms with Gasteiger partial charge in [0.05, 0.1) is 12.2 Å². The van der Waals surface area contributed by atoms with Crippen LogP contribution in [-0.4, -0.2) is 22.5 Å². The number of aliphatic hydroxyl groups is 1. The molecule has 4 rings (SSSR count). The Morgan fingerprint density at radius 2 is 0.947 bits per heavy atom. The van der Waals surface area contributed by atoms with Crippen molar-refractivity contribution in [3.8, 4) is 0 Å². The van der Waals surface area contributed by atoms with Crippen molar-refractivity contribution >= 4 is 12.3 Å². The molecule has 0 unspecified atom stereocenters. The molecule has 0 aliphatic carbocycles. The number of benzene rings is 4. The van der Waals surface area contributed by atoms with Crippen LogP contribution in [0.5, 0.6) is 0 Å². The van der Waals surface area contributed by atoms with Gasteiger partial charge in [0.2, 0.25) is 0 Å². The number of carbonyl (C=O) groups is 2. The Kier molecular flexibility index (Phi) is 29.3. The molecule has 0 saturated heterocycles. The van der Waals surface area contributed by atoms with Crippen LogP contribution in [0.2, 0.25) is 0 Å². The molecule has 0 saturated carbocycles. The maximum atomic E-state index is 10.2. The van der Waals surface area contributed by atoms with E-state index in [4.69, 9.17) is 40.0 Å². The zero-order chi connectivity index (χ0) is 29.4. The van der Waals surface area contributed by atoms with E-state index in [-0.39, 0.29) is 6.61 Å². The standard InChI is InChI=1S/C7H6O2.C7H8O.C7H6O.C7H8.3O2/c8-7(9)6-4-2-1-3-5-6;2*8-6-7-4-2-1-3-5-7;1-7-5-3-2-4-6-7;3*1-2/h1-5H,(H,8,9);1-5,8H,6H2;1-6H;2-6H,1H3;;;. The van der Waals surface area contributed by atoms with Crippen molar-refractivity contribution in [1.82, 2.24) is 0 Å². The molecule has 0 heterocycles. The third-order valence-electron chi connectivity index (χ3n) is 3.92. The van der Waals surface area contributed by atoms with E-state index >= 15 is 0 Å². The lowest BCUT2D eigenvalue weighted by molar-refractivity contribution is 0.0696. The van der Waals surface area contributed by atoms with Gasteiger partial charge in [-0.1, -0.05) is 115 Å². The highest BCUT2D eigenvalue weighted by Gasteiger charge is 1.96. The maximum absolute atomic E-state index is 10.2. The first-order valence-electron chi connectivity index (χ1n) is 10.5. The van der Waals surface area contributed by atoms with Gasteiger partial charge in [0, 0.05) is 35.4 Å². The molecule has 2 N–H and O–H groups in total. The lowest BCUT2D eigenvalue weighted by Gasteiger charge is -1.89. The highest BCUT2D eigenvalue weighted by molar-refractivity contribution is 5.87. The van der Waals surface area contributed by atoms with Crippen LogP contribution in [0, 0.1) is 36.7 Å². The normalized spacial score (nSPS) is 7.74. The van der Waals surface area contributed by atoms with Crippen molar-refractivity contribution in [2.24, 2.45) is 0 Å². The third-order valence-corrected chi connectivity index (χ3v) is 3.92. The fourth-order valence-electron chi connectivity index (χ4n) is 2.23. The number of aryl methyl sites for hydroxylation is 1. The van der Waals surface area contributed by atoms with E-state index in [9.17, 15) is 9.59 Å². The fraction of sp³-hybridized carbons (Fsp3) is 0.0714. The average molecular weight is 525 g/mol. The molecule has 4 aromatic carbocycles. The van der Waals surface area contributed by atoms with Crippen LogP contribution in [0.3, 0.4) is 0 Å². The molecule has 0 aliphatic rings. The molecule has 0 aromatic heterocycles. The van der Waals surface area contributed by atoms with E-state index in [1.807, 2.05) is 66.7 Å². The molecule has 4 aromatic rings. The number of hydrogen-bond donors (Lipinski definition) is 2. The average Bonchev–Trinajstić information content (AvgIpc) is 3.03. The Hall–Kier alpha value is -5.22. The van der Waals surface area contributed by atoms with Crippen molar-refractivity contribution in [2.75, 3.05) is 0 Å². The molecular formula is C28H28O10. The molecule has 10 nitrogen and oxygen atoms in total. The summed E-state index contributed by atoms with van der Waals surface area (Å²) < 4.78 is 0. The zero-order valence-corrected chi connectivity index (χ0v) is 20.5. The molecule has 0 radical (unpaired) electrons. The lowest BCUT2D eigenvalue weighted by Crippen LogP contribution is -1.93. The van der Waals surface area contributed by atoms with Crippen LogP contribution in [0.15, 0.2) is 121 Å². The van der Waals surface area contributed by atoms with E-state index in [2.05, 4.69) is 19.1 Å². The number of aldehydes is 1. The third kappa shape index (κ3) is 22.6. The Balaban J connectivity index is -0.000000403. The van der Waals surface area contributed by atoms with E-state index in [1.54, 1.807) is 42.5 Å². The molecule has 0 spiro atoms. The Morgan fingerprint density at radius 3 is 1.16 bits per heavy atom. The van der Waals surface area contributed by atoms with Crippen molar-refractivity contribution < 1.29 is 19.8 Å². The van der Waals surface area contributed by atoms with Gasteiger partial charge in [-0.25, -0.2) is 4.79 Å². The van der Waals surface area contributed by atoms with Crippen molar-refractivity contribution in [2.45, 2.75) is 13.5 Å². The van der Waals surface area contributed by atoms with Gasteiger partial charge in [-0.15, -0.1) is 0 Å². The minimum absolute atomic E-state index is 0.140. The second-order valence-corrected chi connectivity index (χ2v) is 6.50. The number of hydrogen-bond acceptors (Lipinski definition) is 9. The molecule has 38 heavy (non-hydrogen) atoms. The maximum Gasteiger partial charge on any atom is 0.335 e. The number of carboxylic acids is 1. The predicted octanol–water partition coefficient (Wildman–Crippen LogP) is 6.26. The number of aromatic carboxylic acids is 1. The molecule has 0 fully saturated rings. The molecule has 0 amide bonds. The summed E-state index contributed by atoms with van der Waals surface area (Å²) >= 11 is 0. The van der Waals surface area contributed by atoms with E-state index in [0.717, 1.165) is 17.4 Å². The van der Waals surface area contributed by atoms with Crippen molar-refractivity contribution in [3.05, 3.63) is 173 Å². The van der Waals surface area contributed by atoms with Crippen molar-refractivity contribution in [1.29, 1.82) is 0 Å². The van der Waals surface area contributed by atoms with Gasteiger partial charge in [-0.2, -0.15) is 0 Å². The Bertz CT molecular complexity index is 1040. The Labute approximate surface area is 219 Å². The highest BCUT2D eigenvalue weighted by atomic mass is 16.7. The largest absolute Gasteiger partial charge is 0.478 e. The quantitative estimate of drug-likeness (QED) is 0.291. The summed E-state index contributed by atoms with van der Waals surface area (Å²) in [7, 11) is 0. The highest BCUT2D eigenvalue weighted by Crippen LogP contribution is 1.97. The SMILES string of the molecule is Cc1ccccc1.O=C(O)c1ccccc1.O=Cc1ccccc1.O=O.O=O.O=O.OCc1ccccc1. The van der Waals surface area contributed by atoms with E-state index in [1.165, 1.54) is 5.56 Å². The second-order valence-electron chi connectivity index (χ2n) is 6.50. The molecule has 10 heteroatoms. The Morgan fingerprint density at radius 1 is 0.605 bits per heavy atom. The van der Waals surface area contributed by atoms with E-state index < -0.39 is 5.97 Å². The summed E-state index contributed by atoms with van der Waals surface area (Å²) in [4.78, 5) is 62.2. The number of rotatable bonds is 3. The predicted molar refractivity (Wildman–Crippen MR) is 149 cm³/mol. The van der Waals surface area contributed by atoms with Crippen LogP contribution in [0.25, 0.3) is 0 Å². The minimum Gasteiger partial charge on any atom is -0.478 e. The van der Waals surface area contributed by atoms with Gasteiger partial charge in [0.15, 0.2) is 0 Å². The summed E-state index contributed by atoms with van der Waals surface area (Å²) in [6.07, 6.45) is 0.833. The fourth-order valence-corrected chi connectivity index (χ4v) is 2.23. The van der Waals surface area contributed by atoms with Crippen LogP contribution < -0.4 is 0 Å². The van der Waals surface area contributed by atoms with E-state index in [0.29, 0.717) is 5.56 Å². The molecule has 200 valence electrons. The lowest BCUT2D eigenvalue weighted by atomic mass is 10.2. The van der Waals surface area contributed by atoms with Gasteiger partial charge in [0.1, 0.15) is 6.29 Å². The smallest absolute Gasteiger partial charge is 0.335 e. The molecule has 0 atom stereocenters. The van der Waals surface area contributed by atoms with Gasteiger partial charge in [-0.3, -0.25) is 4.79 Å². The number of aliphatic hydroxyl groups excluding tert-OH is 1. The summed E-state index contributed by atoms with van der Waals surface area (Å²) in [6, 6.07) is 37.2. The van der Waals surface area contributed by atoms with Gasteiger partial charge in [0.25, 0.3) is 0 Å². The van der Waals surface area contributed by atoms with Crippen LogP contribution >= 0.6 is 0 Å². The zero-order valence-electron chi connectivity index (χ0n) is 20.5. The van der Waals surface area contributed by atoms with Gasteiger partial charge >= 0.3 is 5.97 Å². The topological polar surface area (TPSA) is 177 Å². The molecular weight excluding hydrogens is 496 g/mol. The van der Waals surface area contributed by atoms with Crippen LogP contribution in [0.4, 0.5) is 0 Å². The van der Waals surface area contributed by atoms with Gasteiger partial charge in [-0.05, 0) is 24.6 Å². The second kappa shape index (κ2) is 29.8. The number of carbonyl (C=O) groups excluding carboxylic acids is 1. The molecule has 0 bridgehead atoms. The first-order valence-corrected chi connectivity index (χ1v) is 10.5. The molecule has 0 aliphatic heterocycles. The van der Waals surface area contributed by atoms with Crippen LogP contribution in [-0.2, 0) is 6.61 Å². The van der Waals surface area contributed by atoms with Crippen molar-refractivity contribution in [3.63, 3.8) is 0 Å². The summed E-state index contributed by atoms with van der Waals surface area (Å²) in [6.45, 7) is 2.22. The first kappa shape index (κ1) is 37.3. The van der Waals surface area contributed by atoms with Gasteiger partial charge < -0.3 is 10.2 Å².